The summed E-state index contributed by atoms with van der Waals surface area (Å²) in [6.07, 6.45) is 1.82. The maximum absolute atomic E-state index is 11.0. The monoisotopic (exact) mass is 420 g/mol. The first kappa shape index (κ1) is 20.1. The maximum atomic E-state index is 11.0. The van der Waals surface area contributed by atoms with Crippen molar-refractivity contribution >= 4 is 29.6 Å². The van der Waals surface area contributed by atoms with E-state index in [2.05, 4.69) is 9.89 Å². The molecule has 6 heteroatoms. The largest absolute Gasteiger partial charge is 0.478 e. The molecule has 3 aromatic carbocycles. The number of rotatable bonds is 7. The fourth-order valence-corrected chi connectivity index (χ4v) is 3.53. The number of hydrogen-bond donors (Lipinski definition) is 1. The Labute approximate surface area is 180 Å². The lowest BCUT2D eigenvalue weighted by Crippen LogP contribution is -2.23. The van der Waals surface area contributed by atoms with Crippen molar-refractivity contribution in [3.8, 4) is 0 Å². The van der Waals surface area contributed by atoms with E-state index in [-0.39, 0.29) is 5.56 Å². The number of benzene rings is 3. The highest BCUT2D eigenvalue weighted by atomic mass is 35.5. The molecule has 0 bridgehead atoms. The maximum Gasteiger partial charge on any atom is 0.335 e. The zero-order valence-electron chi connectivity index (χ0n) is 16.2. The number of fused-ring (bicyclic) bond motifs is 1. The van der Waals surface area contributed by atoms with Gasteiger partial charge in [-0.2, -0.15) is 0 Å². The lowest BCUT2D eigenvalue weighted by molar-refractivity contribution is 0.0697. The molecule has 0 radical (unpaired) electrons. The zero-order chi connectivity index (χ0) is 20.9. The van der Waals surface area contributed by atoms with Crippen LogP contribution in [0.25, 0.3) is 0 Å². The van der Waals surface area contributed by atoms with Gasteiger partial charge < -0.3 is 14.7 Å². The molecule has 1 atom stereocenters. The molecule has 5 nitrogen and oxygen atoms in total. The first-order chi connectivity index (χ1) is 14.6. The molecule has 1 aliphatic rings. The Kier molecular flexibility index (Phi) is 6.12. The Bertz CT molecular complexity index is 1050. The molecule has 1 N–H and O–H groups in total. The van der Waals surface area contributed by atoms with E-state index in [1.165, 1.54) is 0 Å². The summed E-state index contributed by atoms with van der Waals surface area (Å²) in [5.41, 5.74) is 4.73. The Hall–Kier alpha value is -3.15. The van der Waals surface area contributed by atoms with E-state index < -0.39 is 11.5 Å². The van der Waals surface area contributed by atoms with Crippen molar-refractivity contribution < 1.29 is 14.6 Å². The van der Waals surface area contributed by atoms with E-state index in [0.29, 0.717) is 19.7 Å². The molecule has 4 rings (SSSR count). The number of carboxylic acids is 1. The minimum absolute atomic E-state index is 0.282. The lowest BCUT2D eigenvalue weighted by atomic mass is 10.1. The van der Waals surface area contributed by atoms with Crippen LogP contribution < -0.4 is 0 Å². The average Bonchev–Trinajstić information content (AvgIpc) is 2.78. The molecule has 0 spiro atoms. The molecule has 0 saturated heterocycles. The van der Waals surface area contributed by atoms with Gasteiger partial charge in [0.25, 0.3) is 0 Å². The second-order valence-corrected chi connectivity index (χ2v) is 7.55. The molecule has 0 aromatic heterocycles. The third-order valence-electron chi connectivity index (χ3n) is 4.92. The van der Waals surface area contributed by atoms with E-state index in [1.807, 2.05) is 67.0 Å². The summed E-state index contributed by atoms with van der Waals surface area (Å²) < 4.78 is 5.82. The van der Waals surface area contributed by atoms with Gasteiger partial charge in [0.15, 0.2) is 5.56 Å². The van der Waals surface area contributed by atoms with Crippen molar-refractivity contribution in [2.75, 3.05) is 0 Å². The van der Waals surface area contributed by atoms with E-state index in [1.54, 1.807) is 12.1 Å². The number of alkyl halides is 1. The zero-order valence-corrected chi connectivity index (χ0v) is 17.0. The summed E-state index contributed by atoms with van der Waals surface area (Å²) in [4.78, 5) is 17.6. The number of aliphatic imine (C=N–C) groups is 1. The fraction of sp³-hybridized carbons (Fsp3) is 0.167. The van der Waals surface area contributed by atoms with Gasteiger partial charge in [-0.25, -0.2) is 9.79 Å². The predicted octanol–water partition coefficient (Wildman–Crippen LogP) is 5.51. The Morgan fingerprint density at radius 3 is 2.57 bits per heavy atom. The minimum atomic E-state index is -0.923. The van der Waals surface area contributed by atoms with Crippen LogP contribution in [-0.2, 0) is 24.4 Å². The summed E-state index contributed by atoms with van der Waals surface area (Å²) in [6, 6.07) is 22.8. The van der Waals surface area contributed by atoms with Crippen LogP contribution in [0.5, 0.6) is 0 Å². The summed E-state index contributed by atoms with van der Waals surface area (Å²) in [7, 11) is 0. The Morgan fingerprint density at radius 1 is 1.07 bits per heavy atom. The highest BCUT2D eigenvalue weighted by molar-refractivity contribution is 6.19. The molecule has 152 valence electrons. The van der Waals surface area contributed by atoms with Crippen molar-refractivity contribution in [2.45, 2.75) is 25.3 Å². The van der Waals surface area contributed by atoms with E-state index in [9.17, 15) is 4.79 Å². The van der Waals surface area contributed by atoms with Gasteiger partial charge in [0.05, 0.1) is 24.2 Å². The SMILES string of the molecule is O=C(O)c1ccc(CN2C=Nc3ccc(C(Cl)OCc4ccccc4)cc3C2)cc1. The summed E-state index contributed by atoms with van der Waals surface area (Å²) in [5.74, 6) is -0.923. The number of nitrogens with zero attached hydrogens (tertiary/aromatic N) is 2. The molecule has 0 aliphatic carbocycles. The summed E-state index contributed by atoms with van der Waals surface area (Å²) in [5, 5.41) is 9.03. The molecule has 3 aromatic rings. The van der Waals surface area contributed by atoms with Gasteiger partial charge in [-0.05, 0) is 46.5 Å². The second kappa shape index (κ2) is 9.11. The smallest absolute Gasteiger partial charge is 0.335 e. The van der Waals surface area contributed by atoms with E-state index in [0.717, 1.165) is 27.9 Å². The van der Waals surface area contributed by atoms with Gasteiger partial charge in [0, 0.05) is 13.1 Å². The van der Waals surface area contributed by atoms with Crippen LogP contribution in [-0.4, -0.2) is 22.3 Å². The molecular formula is C24H21ClN2O3. The van der Waals surface area contributed by atoms with Crippen LogP contribution in [0.2, 0.25) is 0 Å². The van der Waals surface area contributed by atoms with Crippen LogP contribution >= 0.6 is 11.6 Å². The minimum Gasteiger partial charge on any atom is -0.478 e. The first-order valence-electron chi connectivity index (χ1n) is 9.61. The fourth-order valence-electron chi connectivity index (χ4n) is 3.33. The lowest BCUT2D eigenvalue weighted by Gasteiger charge is -2.25. The molecule has 1 heterocycles. The summed E-state index contributed by atoms with van der Waals surface area (Å²) >= 11 is 6.48. The van der Waals surface area contributed by atoms with Crippen LogP contribution in [0.3, 0.4) is 0 Å². The Morgan fingerprint density at radius 2 is 1.83 bits per heavy atom. The number of carbonyl (C=O) groups is 1. The van der Waals surface area contributed by atoms with Crippen LogP contribution in [0.1, 0.15) is 38.2 Å². The van der Waals surface area contributed by atoms with Gasteiger partial charge in [-0.15, -0.1) is 0 Å². The third kappa shape index (κ3) is 4.87. The highest BCUT2D eigenvalue weighted by Gasteiger charge is 2.16. The van der Waals surface area contributed by atoms with Crippen LogP contribution in [0, 0.1) is 0 Å². The quantitative estimate of drug-likeness (QED) is 0.511. The van der Waals surface area contributed by atoms with Crippen molar-refractivity contribution in [1.82, 2.24) is 4.90 Å². The molecule has 0 amide bonds. The Balaban J connectivity index is 1.40. The number of halogens is 1. The third-order valence-corrected chi connectivity index (χ3v) is 5.30. The van der Waals surface area contributed by atoms with Crippen LogP contribution in [0.4, 0.5) is 5.69 Å². The number of aromatic carboxylic acids is 1. The van der Waals surface area contributed by atoms with E-state index >= 15 is 0 Å². The highest BCUT2D eigenvalue weighted by Crippen LogP contribution is 2.31. The first-order valence-corrected chi connectivity index (χ1v) is 10.0. The van der Waals surface area contributed by atoms with Gasteiger partial charge >= 0.3 is 5.97 Å². The topological polar surface area (TPSA) is 62.1 Å². The second-order valence-electron chi connectivity index (χ2n) is 7.15. The van der Waals surface area contributed by atoms with Crippen molar-refractivity contribution in [1.29, 1.82) is 0 Å². The molecule has 1 unspecified atom stereocenters. The number of hydrogen-bond acceptors (Lipinski definition) is 4. The molecule has 30 heavy (non-hydrogen) atoms. The van der Waals surface area contributed by atoms with E-state index in [4.69, 9.17) is 21.4 Å². The molecule has 1 aliphatic heterocycles. The predicted molar refractivity (Wildman–Crippen MR) is 117 cm³/mol. The normalized spacial score (nSPS) is 13.7. The van der Waals surface area contributed by atoms with Crippen molar-refractivity contribution in [3.05, 3.63) is 101 Å². The number of carboxylic acid groups (broad SMARTS) is 1. The van der Waals surface area contributed by atoms with Gasteiger partial charge in [-0.3, -0.25) is 0 Å². The molecule has 0 saturated carbocycles. The van der Waals surface area contributed by atoms with Gasteiger partial charge in [-0.1, -0.05) is 60.1 Å². The van der Waals surface area contributed by atoms with Gasteiger partial charge in [0.1, 0.15) is 0 Å². The molecule has 0 fully saturated rings. The van der Waals surface area contributed by atoms with Crippen molar-refractivity contribution in [2.24, 2.45) is 4.99 Å². The summed E-state index contributed by atoms with van der Waals surface area (Å²) in [6.45, 7) is 1.78. The average molecular weight is 421 g/mol. The number of ether oxygens (including phenoxy) is 1. The van der Waals surface area contributed by atoms with Crippen LogP contribution in [0.15, 0.2) is 77.8 Å². The standard InChI is InChI=1S/C24H21ClN2O3/c25-23(30-15-18-4-2-1-3-5-18)20-10-11-22-21(12-20)14-27(16-26-22)13-17-6-8-19(9-7-17)24(28)29/h1-12,16,23H,13-15H2,(H,28,29). The van der Waals surface area contributed by atoms with Gasteiger partial charge in [0.2, 0.25) is 0 Å². The molecular weight excluding hydrogens is 400 g/mol. The van der Waals surface area contributed by atoms with Crippen molar-refractivity contribution in [3.63, 3.8) is 0 Å².